The van der Waals surface area contributed by atoms with E-state index in [2.05, 4.69) is 5.29 Å². The first-order chi connectivity index (χ1) is 7.20. The molecule has 1 rings (SSSR count). The number of carbonyl (C=O) groups excluding carboxylic acids is 1. The molecule has 1 aromatic rings. The summed E-state index contributed by atoms with van der Waals surface area (Å²) in [7, 11) is 1.48. The van der Waals surface area contributed by atoms with Gasteiger partial charge < -0.3 is 4.74 Å². The minimum absolute atomic E-state index is 0.297. The molecule has 0 amide bonds. The highest BCUT2D eigenvalue weighted by Gasteiger charge is 2.14. The van der Waals surface area contributed by atoms with Crippen LogP contribution in [0.5, 0.6) is 0 Å². The summed E-state index contributed by atoms with van der Waals surface area (Å²) in [5.41, 5.74) is 0.771. The van der Waals surface area contributed by atoms with Gasteiger partial charge in [-0.25, -0.2) is 9.80 Å². The molecule has 0 bridgehead atoms. The van der Waals surface area contributed by atoms with E-state index in [1.807, 2.05) is 0 Å². The number of carbonyl (C=O) groups is 1. The highest BCUT2D eigenvalue weighted by molar-refractivity contribution is 5.95. The van der Waals surface area contributed by atoms with E-state index in [0.29, 0.717) is 17.9 Å². The highest BCUT2D eigenvalue weighted by Crippen LogP contribution is 2.20. The zero-order chi connectivity index (χ0) is 11.3. The van der Waals surface area contributed by atoms with Gasteiger partial charge in [-0.2, -0.15) is 0 Å². The van der Waals surface area contributed by atoms with E-state index in [9.17, 15) is 9.70 Å². The first-order valence-electron chi connectivity index (χ1n) is 4.53. The Morgan fingerprint density at radius 2 is 2.13 bits per heavy atom. The number of nitroso groups, excluding NO2 is 1. The monoisotopic (exact) mass is 208 g/mol. The Balaban J connectivity index is 3.05. The summed E-state index contributed by atoms with van der Waals surface area (Å²) < 4.78 is 4.85. The van der Waals surface area contributed by atoms with Gasteiger partial charge in [0, 0.05) is 7.05 Å². The van der Waals surface area contributed by atoms with E-state index < -0.39 is 5.97 Å². The minimum atomic E-state index is -0.455. The SMILES string of the molecule is CCOC(=O)c1ccccc1N(C)N=O. The van der Waals surface area contributed by atoms with E-state index in [1.165, 1.54) is 7.05 Å². The lowest BCUT2D eigenvalue weighted by Crippen LogP contribution is -2.14. The standard InChI is InChI=1S/C10H12N2O3/c1-3-15-10(13)8-6-4-5-7-9(8)12(2)11-14/h4-7H,3H2,1-2H3. The lowest BCUT2D eigenvalue weighted by molar-refractivity contribution is 0.0527. The fourth-order valence-electron chi connectivity index (χ4n) is 1.18. The van der Waals surface area contributed by atoms with Crippen molar-refractivity contribution < 1.29 is 9.53 Å². The zero-order valence-electron chi connectivity index (χ0n) is 8.64. The molecule has 0 heterocycles. The summed E-state index contributed by atoms with van der Waals surface area (Å²) >= 11 is 0. The zero-order valence-corrected chi connectivity index (χ0v) is 8.64. The summed E-state index contributed by atoms with van der Waals surface area (Å²) in [5.74, 6) is -0.455. The van der Waals surface area contributed by atoms with Crippen molar-refractivity contribution in [3.8, 4) is 0 Å². The molecule has 0 radical (unpaired) electrons. The van der Waals surface area contributed by atoms with Crippen molar-refractivity contribution in [1.29, 1.82) is 0 Å². The van der Waals surface area contributed by atoms with Crippen LogP contribution in [0.4, 0.5) is 5.69 Å². The lowest BCUT2D eigenvalue weighted by Gasteiger charge is -2.12. The van der Waals surface area contributed by atoms with Gasteiger partial charge in [-0.05, 0) is 19.1 Å². The fourth-order valence-corrected chi connectivity index (χ4v) is 1.18. The molecule has 0 unspecified atom stereocenters. The number of hydrogen-bond donors (Lipinski definition) is 0. The number of rotatable bonds is 4. The molecule has 0 aliphatic carbocycles. The van der Waals surface area contributed by atoms with E-state index in [-0.39, 0.29) is 0 Å². The minimum Gasteiger partial charge on any atom is -0.462 e. The van der Waals surface area contributed by atoms with Gasteiger partial charge in [-0.1, -0.05) is 12.1 Å². The number of para-hydroxylation sites is 1. The van der Waals surface area contributed by atoms with Gasteiger partial charge in [-0.15, -0.1) is 4.91 Å². The smallest absolute Gasteiger partial charge is 0.340 e. The maximum Gasteiger partial charge on any atom is 0.340 e. The van der Waals surface area contributed by atoms with Crippen LogP contribution >= 0.6 is 0 Å². The Bertz CT molecular complexity index is 365. The Morgan fingerprint density at radius 3 is 2.73 bits per heavy atom. The first-order valence-corrected chi connectivity index (χ1v) is 4.53. The van der Waals surface area contributed by atoms with Gasteiger partial charge in [0.2, 0.25) is 0 Å². The van der Waals surface area contributed by atoms with Crippen LogP contribution in [-0.4, -0.2) is 19.6 Å². The molecule has 0 aliphatic heterocycles. The summed E-state index contributed by atoms with van der Waals surface area (Å²) in [5, 5.41) is 3.83. The Labute approximate surface area is 87.6 Å². The van der Waals surface area contributed by atoms with E-state index >= 15 is 0 Å². The molecule has 0 fully saturated rings. The van der Waals surface area contributed by atoms with Gasteiger partial charge >= 0.3 is 5.97 Å². The summed E-state index contributed by atoms with van der Waals surface area (Å²) in [4.78, 5) is 21.9. The average Bonchev–Trinajstić information content (AvgIpc) is 2.28. The van der Waals surface area contributed by atoms with E-state index in [1.54, 1.807) is 31.2 Å². The van der Waals surface area contributed by atoms with Crippen LogP contribution in [0.25, 0.3) is 0 Å². The van der Waals surface area contributed by atoms with Gasteiger partial charge in [0.25, 0.3) is 0 Å². The van der Waals surface area contributed by atoms with E-state index in [4.69, 9.17) is 4.74 Å². The summed E-state index contributed by atoms with van der Waals surface area (Å²) in [6.07, 6.45) is 0. The van der Waals surface area contributed by atoms with Crippen molar-refractivity contribution in [2.24, 2.45) is 5.29 Å². The second kappa shape index (κ2) is 5.09. The molecule has 5 heteroatoms. The van der Waals surface area contributed by atoms with Crippen LogP contribution in [0.1, 0.15) is 17.3 Å². The molecule has 0 saturated heterocycles. The largest absolute Gasteiger partial charge is 0.462 e. The summed E-state index contributed by atoms with van der Waals surface area (Å²) in [6, 6.07) is 6.65. The fraction of sp³-hybridized carbons (Fsp3) is 0.300. The van der Waals surface area contributed by atoms with Gasteiger partial charge in [0.1, 0.15) is 0 Å². The number of benzene rings is 1. The van der Waals surface area contributed by atoms with Gasteiger partial charge in [0.15, 0.2) is 0 Å². The average molecular weight is 208 g/mol. The van der Waals surface area contributed by atoms with Crippen molar-refractivity contribution in [3.05, 3.63) is 34.7 Å². The molecule has 80 valence electrons. The van der Waals surface area contributed by atoms with Crippen molar-refractivity contribution in [2.75, 3.05) is 18.7 Å². The van der Waals surface area contributed by atoms with Crippen molar-refractivity contribution >= 4 is 11.7 Å². The van der Waals surface area contributed by atoms with Crippen LogP contribution in [0.3, 0.4) is 0 Å². The van der Waals surface area contributed by atoms with Gasteiger partial charge in [0.05, 0.1) is 23.1 Å². The second-order valence-corrected chi connectivity index (χ2v) is 2.84. The number of nitrogens with zero attached hydrogens (tertiary/aromatic N) is 2. The Morgan fingerprint density at radius 1 is 1.47 bits per heavy atom. The molecule has 0 aromatic heterocycles. The number of hydrogen-bond acceptors (Lipinski definition) is 4. The molecule has 1 aromatic carbocycles. The van der Waals surface area contributed by atoms with E-state index in [0.717, 1.165) is 5.01 Å². The molecule has 0 saturated carbocycles. The lowest BCUT2D eigenvalue weighted by atomic mass is 10.2. The molecule has 0 aliphatic rings. The maximum absolute atomic E-state index is 11.5. The van der Waals surface area contributed by atoms with Crippen LogP contribution in [0, 0.1) is 4.91 Å². The van der Waals surface area contributed by atoms with Gasteiger partial charge in [-0.3, -0.25) is 0 Å². The summed E-state index contributed by atoms with van der Waals surface area (Å²) in [6.45, 7) is 2.02. The van der Waals surface area contributed by atoms with Crippen molar-refractivity contribution in [3.63, 3.8) is 0 Å². The molecule has 15 heavy (non-hydrogen) atoms. The molecule has 0 atom stereocenters. The van der Waals surface area contributed by atoms with Crippen molar-refractivity contribution in [2.45, 2.75) is 6.92 Å². The number of anilines is 1. The third-order valence-electron chi connectivity index (χ3n) is 1.87. The molecule has 0 spiro atoms. The number of esters is 1. The van der Waals surface area contributed by atoms with Crippen LogP contribution in [0.2, 0.25) is 0 Å². The maximum atomic E-state index is 11.5. The first kappa shape index (κ1) is 11.2. The Kier molecular flexibility index (Phi) is 3.79. The molecular weight excluding hydrogens is 196 g/mol. The Hall–Kier alpha value is -1.91. The third kappa shape index (κ3) is 2.52. The number of ether oxygens (including phenoxy) is 1. The third-order valence-corrected chi connectivity index (χ3v) is 1.87. The second-order valence-electron chi connectivity index (χ2n) is 2.84. The quantitative estimate of drug-likeness (QED) is 0.431. The molecular formula is C10H12N2O3. The topological polar surface area (TPSA) is 59.0 Å². The van der Waals surface area contributed by atoms with Crippen molar-refractivity contribution in [1.82, 2.24) is 0 Å². The molecule has 0 N–H and O–H groups in total. The van der Waals surface area contributed by atoms with Crippen LogP contribution < -0.4 is 5.01 Å². The predicted molar refractivity (Wildman–Crippen MR) is 56.6 cm³/mol. The van der Waals surface area contributed by atoms with Crippen LogP contribution in [-0.2, 0) is 4.74 Å². The van der Waals surface area contributed by atoms with Crippen LogP contribution in [0.15, 0.2) is 29.6 Å². The predicted octanol–water partition coefficient (Wildman–Crippen LogP) is 1.98. The normalized spacial score (nSPS) is 9.47. The highest BCUT2D eigenvalue weighted by atomic mass is 16.5. The molecule has 5 nitrogen and oxygen atoms in total.